The molecule has 0 radical (unpaired) electrons. The van der Waals surface area contributed by atoms with Crippen LogP contribution in [0.4, 0.5) is 13.2 Å². The first kappa shape index (κ1) is 14.2. The molecule has 1 atom stereocenters. The maximum absolute atomic E-state index is 12.2. The lowest BCUT2D eigenvalue weighted by molar-refractivity contribution is -0.217. The molecule has 0 amide bonds. The second-order valence-corrected chi connectivity index (χ2v) is 3.49. The van der Waals surface area contributed by atoms with Crippen LogP contribution in [-0.4, -0.2) is 28.3 Å². The third-order valence-electron chi connectivity index (χ3n) is 2.19. The number of nitrogens with two attached hydrogens (primary N) is 1. The van der Waals surface area contributed by atoms with Crippen LogP contribution in [0.1, 0.15) is 18.2 Å². The summed E-state index contributed by atoms with van der Waals surface area (Å²) in [5.74, 6) is -0.283. The van der Waals surface area contributed by atoms with Gasteiger partial charge >= 0.3 is 6.18 Å². The summed E-state index contributed by atoms with van der Waals surface area (Å²) in [5, 5.41) is 11.3. The van der Waals surface area contributed by atoms with Crippen molar-refractivity contribution in [3.63, 3.8) is 0 Å². The van der Waals surface area contributed by atoms with E-state index in [9.17, 15) is 13.2 Å². The quantitative estimate of drug-likeness (QED) is 0.374. The minimum Gasteiger partial charge on any atom is -0.409 e. The fraction of sp³-hybridized carbons (Fsp3) is 0.400. The van der Waals surface area contributed by atoms with Gasteiger partial charge in [0.15, 0.2) is 11.9 Å². The van der Waals surface area contributed by atoms with E-state index in [0.717, 1.165) is 6.92 Å². The van der Waals surface area contributed by atoms with Crippen LogP contribution in [0.3, 0.4) is 0 Å². The Morgan fingerprint density at radius 3 is 2.83 bits per heavy atom. The van der Waals surface area contributed by atoms with Crippen molar-refractivity contribution in [1.29, 1.82) is 0 Å². The van der Waals surface area contributed by atoms with E-state index in [4.69, 9.17) is 10.9 Å². The molecule has 18 heavy (non-hydrogen) atoms. The van der Waals surface area contributed by atoms with Gasteiger partial charge < -0.3 is 15.7 Å². The van der Waals surface area contributed by atoms with E-state index in [0.29, 0.717) is 5.56 Å². The summed E-state index contributed by atoms with van der Waals surface area (Å²) in [4.78, 5) is 3.81. The number of aromatic nitrogens is 1. The number of alkyl halides is 3. The van der Waals surface area contributed by atoms with Crippen molar-refractivity contribution in [2.75, 3.05) is 0 Å². The van der Waals surface area contributed by atoms with Crippen LogP contribution in [0, 0.1) is 0 Å². The monoisotopic (exact) mass is 263 g/mol. The summed E-state index contributed by atoms with van der Waals surface area (Å²) in [5.41, 5.74) is 5.75. The topological polar surface area (TPSA) is 80.7 Å². The second kappa shape index (κ2) is 5.67. The van der Waals surface area contributed by atoms with Crippen LogP contribution >= 0.6 is 0 Å². The zero-order valence-electron chi connectivity index (χ0n) is 9.48. The number of nitrogens with zero attached hydrogens (tertiary/aromatic N) is 2. The number of hydrogen-bond donors (Lipinski definition) is 2. The molecule has 1 heterocycles. The minimum atomic E-state index is -4.43. The molecule has 1 unspecified atom stereocenters. The Balaban J connectivity index is 2.80. The van der Waals surface area contributed by atoms with Crippen molar-refractivity contribution in [3.05, 3.63) is 29.6 Å². The fourth-order valence-electron chi connectivity index (χ4n) is 1.14. The van der Waals surface area contributed by atoms with Crippen molar-refractivity contribution in [2.45, 2.75) is 25.8 Å². The van der Waals surface area contributed by atoms with Crippen molar-refractivity contribution < 1.29 is 23.1 Å². The predicted molar refractivity (Wildman–Crippen MR) is 57.1 cm³/mol. The van der Waals surface area contributed by atoms with Gasteiger partial charge in [0.1, 0.15) is 5.69 Å². The van der Waals surface area contributed by atoms with Gasteiger partial charge in [-0.3, -0.25) is 4.98 Å². The Bertz CT molecular complexity index is 435. The van der Waals surface area contributed by atoms with Crippen LogP contribution < -0.4 is 5.73 Å². The molecule has 0 fully saturated rings. The van der Waals surface area contributed by atoms with Crippen molar-refractivity contribution >= 4 is 5.84 Å². The van der Waals surface area contributed by atoms with E-state index < -0.39 is 12.3 Å². The average Bonchev–Trinajstić information content (AvgIpc) is 2.34. The van der Waals surface area contributed by atoms with Crippen molar-refractivity contribution in [2.24, 2.45) is 10.9 Å². The predicted octanol–water partition coefficient (Wildman–Crippen LogP) is 1.64. The molecule has 0 aliphatic heterocycles. The van der Waals surface area contributed by atoms with Gasteiger partial charge in [-0.2, -0.15) is 13.2 Å². The van der Waals surface area contributed by atoms with Gasteiger partial charge in [0, 0.05) is 11.8 Å². The van der Waals surface area contributed by atoms with E-state index in [1.54, 1.807) is 0 Å². The third kappa shape index (κ3) is 3.59. The van der Waals surface area contributed by atoms with Gasteiger partial charge in [0.2, 0.25) is 0 Å². The lowest BCUT2D eigenvalue weighted by Gasteiger charge is -2.17. The summed E-state index contributed by atoms with van der Waals surface area (Å²) in [7, 11) is 0. The fourth-order valence-corrected chi connectivity index (χ4v) is 1.14. The van der Waals surface area contributed by atoms with Crippen LogP contribution in [0.5, 0.6) is 0 Å². The number of hydrogen-bond acceptors (Lipinski definition) is 4. The lowest BCUT2D eigenvalue weighted by atomic mass is 10.2. The van der Waals surface area contributed by atoms with E-state index in [2.05, 4.69) is 14.9 Å². The number of rotatable bonds is 4. The highest BCUT2D eigenvalue weighted by Gasteiger charge is 2.36. The first-order valence-corrected chi connectivity index (χ1v) is 4.96. The first-order valence-electron chi connectivity index (χ1n) is 4.96. The Labute approximate surface area is 101 Å². The summed E-state index contributed by atoms with van der Waals surface area (Å²) in [6.45, 7) is 0.569. The van der Waals surface area contributed by atoms with Gasteiger partial charge in [0.05, 0.1) is 6.61 Å². The minimum absolute atomic E-state index is 0.0920. The molecule has 0 saturated carbocycles. The zero-order chi connectivity index (χ0) is 13.8. The largest absolute Gasteiger partial charge is 0.414 e. The van der Waals surface area contributed by atoms with Gasteiger partial charge in [0.25, 0.3) is 0 Å². The molecule has 0 spiro atoms. The number of amidine groups is 1. The summed E-state index contributed by atoms with van der Waals surface area (Å²) in [6, 6.07) is 3.01. The number of ether oxygens (including phenoxy) is 1. The maximum Gasteiger partial charge on any atom is 0.414 e. The van der Waals surface area contributed by atoms with E-state index in [1.807, 2.05) is 0 Å². The number of halogens is 3. The molecular formula is C10H12F3N3O2. The molecule has 5 nitrogen and oxygen atoms in total. The van der Waals surface area contributed by atoms with Crippen LogP contribution in [0.25, 0.3) is 0 Å². The molecule has 8 heteroatoms. The smallest absolute Gasteiger partial charge is 0.409 e. The van der Waals surface area contributed by atoms with Gasteiger partial charge in [-0.05, 0) is 13.0 Å². The summed E-state index contributed by atoms with van der Waals surface area (Å²) >= 11 is 0. The summed E-state index contributed by atoms with van der Waals surface area (Å²) in [6.07, 6.45) is -4.96. The van der Waals surface area contributed by atoms with E-state index >= 15 is 0 Å². The highest BCUT2D eigenvalue weighted by Crippen LogP contribution is 2.23. The van der Waals surface area contributed by atoms with E-state index in [1.165, 1.54) is 18.3 Å². The van der Waals surface area contributed by atoms with Crippen LogP contribution in [0.2, 0.25) is 0 Å². The molecule has 0 aromatic carbocycles. The van der Waals surface area contributed by atoms with E-state index in [-0.39, 0.29) is 18.1 Å². The maximum atomic E-state index is 12.2. The Kier molecular flexibility index (Phi) is 4.49. The van der Waals surface area contributed by atoms with Crippen LogP contribution in [0.15, 0.2) is 23.5 Å². The molecule has 0 aliphatic carbocycles. The first-order chi connectivity index (χ1) is 8.36. The highest BCUT2D eigenvalue weighted by molar-refractivity contribution is 5.96. The highest BCUT2D eigenvalue weighted by atomic mass is 19.4. The molecule has 0 saturated heterocycles. The Morgan fingerprint density at radius 1 is 1.61 bits per heavy atom. The molecule has 0 bridgehead atoms. The number of oxime groups is 1. The number of pyridine rings is 1. The van der Waals surface area contributed by atoms with Crippen molar-refractivity contribution in [1.82, 2.24) is 4.98 Å². The third-order valence-corrected chi connectivity index (χ3v) is 2.19. The standard InChI is InChI=1S/C10H12F3N3O2/c1-6(10(11,12)13)18-5-7-3-2-4-15-8(7)9(14)16-17/h2-4,6,17H,5H2,1H3,(H2,14,16). The lowest BCUT2D eigenvalue weighted by Crippen LogP contribution is -2.28. The van der Waals surface area contributed by atoms with Gasteiger partial charge in [-0.15, -0.1) is 0 Å². The molecule has 1 rings (SSSR count). The van der Waals surface area contributed by atoms with Crippen LogP contribution in [-0.2, 0) is 11.3 Å². The molecule has 100 valence electrons. The molecule has 0 aliphatic rings. The van der Waals surface area contributed by atoms with Crippen molar-refractivity contribution in [3.8, 4) is 0 Å². The Hall–Kier alpha value is -1.83. The molecule has 1 aromatic heterocycles. The second-order valence-electron chi connectivity index (χ2n) is 3.49. The van der Waals surface area contributed by atoms with Gasteiger partial charge in [-0.1, -0.05) is 11.2 Å². The molecular weight excluding hydrogens is 251 g/mol. The summed E-state index contributed by atoms with van der Waals surface area (Å²) < 4.78 is 41.4. The SMILES string of the molecule is CC(OCc1cccnc1C(N)=NO)C(F)(F)F. The Morgan fingerprint density at radius 2 is 2.28 bits per heavy atom. The van der Waals surface area contributed by atoms with Gasteiger partial charge in [-0.25, -0.2) is 0 Å². The molecule has 1 aromatic rings. The zero-order valence-corrected chi connectivity index (χ0v) is 9.48. The molecule has 3 N–H and O–H groups in total. The normalized spacial score (nSPS) is 14.6. The average molecular weight is 263 g/mol.